The Morgan fingerprint density at radius 1 is 1.58 bits per heavy atom. The second-order valence-corrected chi connectivity index (χ2v) is 2.70. The van der Waals surface area contributed by atoms with Crippen LogP contribution in [0, 0.1) is 0 Å². The molecule has 1 aliphatic heterocycles. The summed E-state index contributed by atoms with van der Waals surface area (Å²) in [7, 11) is 1.72. The highest BCUT2D eigenvalue weighted by Crippen LogP contribution is 2.21. The number of aliphatic hydroxyl groups excluding tert-OH is 1. The van der Waals surface area contributed by atoms with Crippen molar-refractivity contribution in [2.75, 3.05) is 7.05 Å². The summed E-state index contributed by atoms with van der Waals surface area (Å²) in [6.07, 6.45) is 4.38. The number of aromatic nitrogens is 1. The van der Waals surface area contributed by atoms with Crippen LogP contribution in [-0.2, 0) is 0 Å². The number of fused-ring (bicyclic) bond motifs is 1. The summed E-state index contributed by atoms with van der Waals surface area (Å²) in [6, 6.07) is 1.83. The number of aliphatic hydroxyl groups is 1. The topological polar surface area (TPSA) is 48.7 Å². The molecule has 0 aromatic carbocycles. The number of nitrogens with zero attached hydrogens (tertiary/aromatic N) is 3. The molecule has 0 radical (unpaired) electrons. The van der Waals surface area contributed by atoms with Crippen LogP contribution in [0.5, 0.6) is 0 Å². The Hall–Kier alpha value is -1.42. The van der Waals surface area contributed by atoms with E-state index in [0.29, 0.717) is 0 Å². The SMILES string of the molecule is CN1N=Cc2ccncc2C1O. The fourth-order valence-corrected chi connectivity index (χ4v) is 1.17. The standard InChI is InChI=1S/C8H9N3O/c1-11-8(12)7-5-9-3-2-6(7)4-10-11/h2-5,8,12H,1H3. The Morgan fingerprint density at radius 2 is 2.42 bits per heavy atom. The van der Waals surface area contributed by atoms with Gasteiger partial charge in [0, 0.05) is 30.6 Å². The Kier molecular flexibility index (Phi) is 1.55. The molecule has 0 saturated heterocycles. The maximum absolute atomic E-state index is 9.60. The molecule has 1 unspecified atom stereocenters. The van der Waals surface area contributed by atoms with Crippen LogP contribution >= 0.6 is 0 Å². The third kappa shape index (κ3) is 0.967. The molecule has 1 N–H and O–H groups in total. The lowest BCUT2D eigenvalue weighted by Gasteiger charge is -2.25. The van der Waals surface area contributed by atoms with Crippen LogP contribution in [0.15, 0.2) is 23.6 Å². The summed E-state index contributed by atoms with van der Waals surface area (Å²) < 4.78 is 0. The van der Waals surface area contributed by atoms with E-state index in [2.05, 4.69) is 10.1 Å². The monoisotopic (exact) mass is 163 g/mol. The van der Waals surface area contributed by atoms with E-state index >= 15 is 0 Å². The molecular formula is C8H9N3O. The molecule has 1 atom stereocenters. The second kappa shape index (κ2) is 2.57. The van der Waals surface area contributed by atoms with Gasteiger partial charge in [0.05, 0.1) is 6.21 Å². The van der Waals surface area contributed by atoms with Crippen molar-refractivity contribution in [2.45, 2.75) is 6.23 Å². The average molecular weight is 163 g/mol. The lowest BCUT2D eigenvalue weighted by atomic mass is 10.1. The van der Waals surface area contributed by atoms with Gasteiger partial charge in [0.25, 0.3) is 0 Å². The summed E-state index contributed by atoms with van der Waals surface area (Å²) in [4.78, 5) is 3.93. The second-order valence-electron chi connectivity index (χ2n) is 2.70. The van der Waals surface area contributed by atoms with Gasteiger partial charge in [-0.3, -0.25) is 9.99 Å². The van der Waals surface area contributed by atoms with Gasteiger partial charge in [-0.05, 0) is 6.07 Å². The lowest BCUT2D eigenvalue weighted by molar-refractivity contribution is 0.0201. The number of hydrogen-bond donors (Lipinski definition) is 1. The predicted octanol–water partition coefficient (Wildman–Crippen LogP) is 0.352. The van der Waals surface area contributed by atoms with E-state index in [0.717, 1.165) is 11.1 Å². The third-order valence-electron chi connectivity index (χ3n) is 1.90. The van der Waals surface area contributed by atoms with Gasteiger partial charge < -0.3 is 5.11 Å². The average Bonchev–Trinajstić information content (AvgIpc) is 2.12. The Labute approximate surface area is 70.2 Å². The first kappa shape index (κ1) is 7.24. The first-order valence-corrected chi connectivity index (χ1v) is 3.68. The van der Waals surface area contributed by atoms with Crippen molar-refractivity contribution in [3.05, 3.63) is 29.6 Å². The van der Waals surface area contributed by atoms with Gasteiger partial charge in [0.2, 0.25) is 0 Å². The maximum Gasteiger partial charge on any atom is 0.170 e. The predicted molar refractivity (Wildman–Crippen MR) is 44.6 cm³/mol. The van der Waals surface area contributed by atoms with Gasteiger partial charge in [-0.1, -0.05) is 0 Å². The van der Waals surface area contributed by atoms with Crippen LogP contribution < -0.4 is 0 Å². The fraction of sp³-hybridized carbons (Fsp3) is 0.250. The van der Waals surface area contributed by atoms with Crippen LogP contribution in [-0.4, -0.2) is 28.4 Å². The lowest BCUT2D eigenvalue weighted by Crippen LogP contribution is -2.23. The van der Waals surface area contributed by atoms with Crippen molar-refractivity contribution >= 4 is 6.21 Å². The molecule has 62 valence electrons. The highest BCUT2D eigenvalue weighted by atomic mass is 16.3. The van der Waals surface area contributed by atoms with Crippen molar-refractivity contribution in [1.82, 2.24) is 9.99 Å². The molecule has 2 rings (SSSR count). The molecule has 0 spiro atoms. The van der Waals surface area contributed by atoms with E-state index in [1.54, 1.807) is 25.7 Å². The Balaban J connectivity index is 2.52. The smallest absolute Gasteiger partial charge is 0.170 e. The van der Waals surface area contributed by atoms with Crippen molar-refractivity contribution in [2.24, 2.45) is 5.10 Å². The minimum atomic E-state index is -0.668. The molecule has 12 heavy (non-hydrogen) atoms. The van der Waals surface area contributed by atoms with E-state index in [1.807, 2.05) is 6.07 Å². The first-order valence-electron chi connectivity index (χ1n) is 3.68. The number of rotatable bonds is 0. The van der Waals surface area contributed by atoms with Gasteiger partial charge >= 0.3 is 0 Å². The highest BCUT2D eigenvalue weighted by Gasteiger charge is 2.18. The van der Waals surface area contributed by atoms with Crippen LogP contribution in [0.1, 0.15) is 17.4 Å². The van der Waals surface area contributed by atoms with Crippen molar-refractivity contribution in [3.8, 4) is 0 Å². The molecule has 1 aromatic heterocycles. The van der Waals surface area contributed by atoms with E-state index in [1.165, 1.54) is 5.01 Å². The number of hydrogen-bond acceptors (Lipinski definition) is 4. The zero-order valence-corrected chi connectivity index (χ0v) is 6.68. The number of hydrazone groups is 1. The normalized spacial score (nSPS) is 20.8. The Bertz CT molecular complexity index is 324. The summed E-state index contributed by atoms with van der Waals surface area (Å²) >= 11 is 0. The van der Waals surface area contributed by atoms with E-state index in [-0.39, 0.29) is 0 Å². The Morgan fingerprint density at radius 3 is 3.25 bits per heavy atom. The first-order chi connectivity index (χ1) is 5.79. The summed E-state index contributed by atoms with van der Waals surface area (Å²) in [5.74, 6) is 0. The van der Waals surface area contributed by atoms with Crippen molar-refractivity contribution in [1.29, 1.82) is 0 Å². The van der Waals surface area contributed by atoms with Crippen molar-refractivity contribution in [3.63, 3.8) is 0 Å². The third-order valence-corrected chi connectivity index (χ3v) is 1.90. The van der Waals surface area contributed by atoms with Gasteiger partial charge in [-0.25, -0.2) is 0 Å². The molecule has 0 amide bonds. The molecule has 4 heteroatoms. The van der Waals surface area contributed by atoms with Gasteiger partial charge in [0.1, 0.15) is 0 Å². The summed E-state index contributed by atoms with van der Waals surface area (Å²) in [5, 5.41) is 15.1. The molecule has 0 bridgehead atoms. The molecule has 0 aliphatic carbocycles. The molecule has 4 nitrogen and oxygen atoms in total. The highest BCUT2D eigenvalue weighted by molar-refractivity contribution is 5.82. The molecule has 1 aliphatic rings. The molecule has 2 heterocycles. The largest absolute Gasteiger partial charge is 0.368 e. The van der Waals surface area contributed by atoms with E-state index < -0.39 is 6.23 Å². The quantitative estimate of drug-likeness (QED) is 0.600. The fourth-order valence-electron chi connectivity index (χ4n) is 1.17. The van der Waals surface area contributed by atoms with Gasteiger partial charge in [-0.2, -0.15) is 5.10 Å². The summed E-state index contributed by atoms with van der Waals surface area (Å²) in [6.45, 7) is 0. The van der Waals surface area contributed by atoms with Gasteiger partial charge in [0.15, 0.2) is 6.23 Å². The zero-order chi connectivity index (χ0) is 8.55. The van der Waals surface area contributed by atoms with Crippen LogP contribution in [0.25, 0.3) is 0 Å². The van der Waals surface area contributed by atoms with Gasteiger partial charge in [-0.15, -0.1) is 0 Å². The summed E-state index contributed by atoms with van der Waals surface area (Å²) in [5.41, 5.74) is 1.73. The number of pyridine rings is 1. The minimum Gasteiger partial charge on any atom is -0.368 e. The molecule has 1 aromatic rings. The van der Waals surface area contributed by atoms with E-state index in [9.17, 15) is 5.11 Å². The van der Waals surface area contributed by atoms with Crippen LogP contribution in [0.2, 0.25) is 0 Å². The maximum atomic E-state index is 9.60. The van der Waals surface area contributed by atoms with Crippen LogP contribution in [0.3, 0.4) is 0 Å². The minimum absolute atomic E-state index is 0.668. The molecule has 0 fully saturated rings. The molecular weight excluding hydrogens is 154 g/mol. The van der Waals surface area contributed by atoms with Crippen LogP contribution in [0.4, 0.5) is 0 Å². The van der Waals surface area contributed by atoms with Crippen molar-refractivity contribution < 1.29 is 5.11 Å². The van der Waals surface area contributed by atoms with E-state index in [4.69, 9.17) is 0 Å². The zero-order valence-electron chi connectivity index (χ0n) is 6.68. The molecule has 0 saturated carbocycles.